The number of primary amides is 1. The predicted molar refractivity (Wildman–Crippen MR) is 79.1 cm³/mol. The average Bonchev–Trinajstić information content (AvgIpc) is 2.99. The lowest BCUT2D eigenvalue weighted by Gasteiger charge is -2.28. The lowest BCUT2D eigenvalue weighted by atomic mass is 9.94. The number of nitrogens with zero attached hydrogens (tertiary/aromatic N) is 2. The van der Waals surface area contributed by atoms with Crippen LogP contribution in [-0.4, -0.2) is 37.1 Å². The third-order valence-electron chi connectivity index (χ3n) is 4.46. The number of aromatic nitrogens is 1. The van der Waals surface area contributed by atoms with Crippen molar-refractivity contribution in [1.82, 2.24) is 10.3 Å². The van der Waals surface area contributed by atoms with E-state index in [4.69, 9.17) is 10.7 Å². The predicted octanol–water partition coefficient (Wildman–Crippen LogP) is 0.857. The van der Waals surface area contributed by atoms with Gasteiger partial charge in [0.1, 0.15) is 5.82 Å². The number of carbonyl (C=O) groups is 1. The third kappa shape index (κ3) is 2.38. The topological polar surface area (TPSA) is 71.2 Å². The highest BCUT2D eigenvalue weighted by molar-refractivity contribution is 5.98. The van der Waals surface area contributed by atoms with Crippen LogP contribution < -0.4 is 16.0 Å². The first kappa shape index (κ1) is 13.4. The standard InChI is InChI=1S/C15H22N4O/c1-19(11-6-7-17-9-11)15-12(14(16)20)8-10-4-2-3-5-13(10)18-15/h8,11,17H,2-7,9H2,1H3,(H2,16,20). The summed E-state index contributed by atoms with van der Waals surface area (Å²) in [6, 6.07) is 2.36. The van der Waals surface area contributed by atoms with E-state index in [1.807, 2.05) is 13.1 Å². The van der Waals surface area contributed by atoms with Crippen molar-refractivity contribution in [2.75, 3.05) is 25.0 Å². The molecule has 0 spiro atoms. The van der Waals surface area contributed by atoms with E-state index in [-0.39, 0.29) is 5.91 Å². The van der Waals surface area contributed by atoms with Gasteiger partial charge in [-0.1, -0.05) is 0 Å². The number of rotatable bonds is 3. The minimum absolute atomic E-state index is 0.376. The van der Waals surface area contributed by atoms with Crippen LogP contribution in [0.3, 0.4) is 0 Å². The largest absolute Gasteiger partial charge is 0.365 e. The molecule has 1 saturated heterocycles. The van der Waals surface area contributed by atoms with Crippen LogP contribution >= 0.6 is 0 Å². The number of amides is 1. The number of hydrogen-bond acceptors (Lipinski definition) is 4. The summed E-state index contributed by atoms with van der Waals surface area (Å²) in [7, 11) is 2.02. The van der Waals surface area contributed by atoms with Gasteiger partial charge in [0.2, 0.25) is 0 Å². The van der Waals surface area contributed by atoms with Crippen LogP contribution in [0.15, 0.2) is 6.07 Å². The van der Waals surface area contributed by atoms with Gasteiger partial charge in [0.15, 0.2) is 0 Å². The highest BCUT2D eigenvalue weighted by atomic mass is 16.1. The van der Waals surface area contributed by atoms with Gasteiger partial charge in [0, 0.05) is 25.3 Å². The van der Waals surface area contributed by atoms with Crippen molar-refractivity contribution in [2.45, 2.75) is 38.1 Å². The fraction of sp³-hybridized carbons (Fsp3) is 0.600. The Labute approximate surface area is 119 Å². The molecular weight excluding hydrogens is 252 g/mol. The molecule has 1 unspecified atom stereocenters. The summed E-state index contributed by atoms with van der Waals surface area (Å²) >= 11 is 0. The molecule has 1 aromatic rings. The summed E-state index contributed by atoms with van der Waals surface area (Å²) in [5.74, 6) is 0.380. The fourth-order valence-corrected chi connectivity index (χ4v) is 3.22. The van der Waals surface area contributed by atoms with Crippen LogP contribution in [0.5, 0.6) is 0 Å². The summed E-state index contributed by atoms with van der Waals surface area (Å²) < 4.78 is 0. The van der Waals surface area contributed by atoms with Gasteiger partial charge in [-0.05, 0) is 50.3 Å². The Morgan fingerprint density at radius 2 is 2.25 bits per heavy atom. The van der Waals surface area contributed by atoms with E-state index in [9.17, 15) is 4.79 Å². The van der Waals surface area contributed by atoms with Crippen LogP contribution in [0.4, 0.5) is 5.82 Å². The van der Waals surface area contributed by atoms with Crippen molar-refractivity contribution in [2.24, 2.45) is 5.73 Å². The number of anilines is 1. The number of hydrogen-bond donors (Lipinski definition) is 2. The van der Waals surface area contributed by atoms with Gasteiger partial charge in [0.25, 0.3) is 5.91 Å². The van der Waals surface area contributed by atoms with Crippen LogP contribution in [0.25, 0.3) is 0 Å². The van der Waals surface area contributed by atoms with Crippen molar-refractivity contribution >= 4 is 11.7 Å². The zero-order valence-electron chi connectivity index (χ0n) is 12.0. The van der Waals surface area contributed by atoms with E-state index in [2.05, 4.69) is 10.2 Å². The molecule has 1 atom stereocenters. The van der Waals surface area contributed by atoms with Crippen molar-refractivity contribution in [1.29, 1.82) is 0 Å². The molecule has 0 saturated carbocycles. The van der Waals surface area contributed by atoms with E-state index in [0.717, 1.165) is 43.9 Å². The molecule has 2 heterocycles. The number of nitrogens with two attached hydrogens (primary N) is 1. The zero-order chi connectivity index (χ0) is 14.1. The highest BCUT2D eigenvalue weighted by Gasteiger charge is 2.25. The first-order valence-electron chi connectivity index (χ1n) is 7.43. The van der Waals surface area contributed by atoms with Gasteiger partial charge in [-0.3, -0.25) is 4.79 Å². The Balaban J connectivity index is 2.00. The summed E-state index contributed by atoms with van der Waals surface area (Å²) in [5, 5.41) is 3.35. The van der Waals surface area contributed by atoms with Gasteiger partial charge in [-0.15, -0.1) is 0 Å². The Morgan fingerprint density at radius 1 is 1.45 bits per heavy atom. The molecule has 5 nitrogen and oxygen atoms in total. The fourth-order valence-electron chi connectivity index (χ4n) is 3.22. The maximum absolute atomic E-state index is 11.8. The van der Waals surface area contributed by atoms with Crippen molar-refractivity contribution in [3.05, 3.63) is 22.9 Å². The highest BCUT2D eigenvalue weighted by Crippen LogP contribution is 2.27. The quantitative estimate of drug-likeness (QED) is 0.857. The molecule has 5 heteroatoms. The lowest BCUT2D eigenvalue weighted by molar-refractivity contribution is 0.1000. The summed E-state index contributed by atoms with van der Waals surface area (Å²) in [4.78, 5) is 18.7. The number of carbonyl (C=O) groups excluding carboxylic acids is 1. The first-order chi connectivity index (χ1) is 9.66. The lowest BCUT2D eigenvalue weighted by Crippen LogP contribution is -2.36. The molecule has 0 aromatic carbocycles. The molecular formula is C15H22N4O. The van der Waals surface area contributed by atoms with Gasteiger partial charge in [-0.2, -0.15) is 0 Å². The minimum atomic E-state index is -0.376. The van der Waals surface area contributed by atoms with Crippen LogP contribution in [0, 0.1) is 0 Å². The Kier molecular flexibility index (Phi) is 3.61. The average molecular weight is 274 g/mol. The first-order valence-corrected chi connectivity index (χ1v) is 7.43. The third-order valence-corrected chi connectivity index (χ3v) is 4.46. The maximum Gasteiger partial charge on any atom is 0.252 e. The van der Waals surface area contributed by atoms with Gasteiger partial charge in [-0.25, -0.2) is 4.98 Å². The van der Waals surface area contributed by atoms with Gasteiger partial charge >= 0.3 is 0 Å². The summed E-state index contributed by atoms with van der Waals surface area (Å²) in [6.07, 6.45) is 5.46. The number of likely N-dealkylation sites (N-methyl/N-ethyl adjacent to an activating group) is 1. The Bertz CT molecular complexity index is 523. The van der Waals surface area contributed by atoms with Crippen LogP contribution in [0.1, 0.15) is 40.9 Å². The van der Waals surface area contributed by atoms with Crippen LogP contribution in [-0.2, 0) is 12.8 Å². The molecule has 108 valence electrons. The molecule has 20 heavy (non-hydrogen) atoms. The van der Waals surface area contributed by atoms with Gasteiger partial charge in [0.05, 0.1) is 5.56 Å². The Hall–Kier alpha value is -1.62. The molecule has 1 fully saturated rings. The van der Waals surface area contributed by atoms with E-state index in [1.165, 1.54) is 18.4 Å². The normalized spacial score (nSPS) is 21.6. The second-order valence-corrected chi connectivity index (χ2v) is 5.79. The number of aryl methyl sites for hydroxylation is 2. The molecule has 3 N–H and O–H groups in total. The number of fused-ring (bicyclic) bond motifs is 1. The molecule has 1 amide bonds. The number of pyridine rings is 1. The second-order valence-electron chi connectivity index (χ2n) is 5.79. The SMILES string of the molecule is CN(c1nc2c(cc1C(N)=O)CCCC2)C1CCNC1. The van der Waals surface area contributed by atoms with E-state index in [1.54, 1.807) is 0 Å². The van der Waals surface area contributed by atoms with E-state index >= 15 is 0 Å². The zero-order valence-corrected chi connectivity index (χ0v) is 12.0. The molecule has 1 aromatic heterocycles. The summed E-state index contributed by atoms with van der Waals surface area (Å²) in [6.45, 7) is 1.96. The molecule has 1 aliphatic heterocycles. The molecule has 3 rings (SSSR count). The second kappa shape index (κ2) is 5.40. The van der Waals surface area contributed by atoms with Crippen LogP contribution in [0.2, 0.25) is 0 Å². The number of nitrogens with one attached hydrogen (secondary N) is 1. The van der Waals surface area contributed by atoms with E-state index < -0.39 is 0 Å². The molecule has 1 aliphatic carbocycles. The monoisotopic (exact) mass is 274 g/mol. The molecule has 0 bridgehead atoms. The summed E-state index contributed by atoms with van der Waals surface area (Å²) in [5.41, 5.74) is 8.48. The van der Waals surface area contributed by atoms with Crippen molar-refractivity contribution < 1.29 is 4.79 Å². The minimum Gasteiger partial charge on any atom is -0.365 e. The van der Waals surface area contributed by atoms with Crippen molar-refractivity contribution in [3.8, 4) is 0 Å². The van der Waals surface area contributed by atoms with E-state index in [0.29, 0.717) is 11.6 Å². The van der Waals surface area contributed by atoms with Gasteiger partial charge < -0.3 is 16.0 Å². The molecule has 0 radical (unpaired) electrons. The maximum atomic E-state index is 11.8. The Morgan fingerprint density at radius 3 is 2.95 bits per heavy atom. The molecule has 2 aliphatic rings. The smallest absolute Gasteiger partial charge is 0.252 e. The van der Waals surface area contributed by atoms with Crippen molar-refractivity contribution in [3.63, 3.8) is 0 Å².